The van der Waals surface area contributed by atoms with Gasteiger partial charge in [-0.2, -0.15) is 0 Å². The Morgan fingerprint density at radius 3 is 2.15 bits per heavy atom. The molecule has 1 aromatic rings. The lowest BCUT2D eigenvalue weighted by atomic mass is 9.75. The fourth-order valence-corrected chi connectivity index (χ4v) is 3.92. The highest BCUT2D eigenvalue weighted by Crippen LogP contribution is 2.40. The summed E-state index contributed by atoms with van der Waals surface area (Å²) in [6.45, 7) is 12.0. The molecule has 1 saturated carbocycles. The third-order valence-electron chi connectivity index (χ3n) is 5.29. The van der Waals surface area contributed by atoms with Crippen LogP contribution in [-0.4, -0.2) is 6.54 Å². The maximum atomic E-state index is 5.87. The van der Waals surface area contributed by atoms with Crippen molar-refractivity contribution in [1.29, 1.82) is 0 Å². The van der Waals surface area contributed by atoms with Crippen molar-refractivity contribution in [2.24, 2.45) is 11.8 Å². The molecule has 2 nitrogen and oxygen atoms in total. The van der Waals surface area contributed by atoms with Gasteiger partial charge in [-0.15, -0.1) is 0 Å². The highest BCUT2D eigenvalue weighted by atomic mass is 16.3. The quantitative estimate of drug-likeness (QED) is 0.812. The molecule has 0 amide bonds. The average molecular weight is 277 g/mol. The van der Waals surface area contributed by atoms with Crippen LogP contribution in [0.1, 0.15) is 74.6 Å². The summed E-state index contributed by atoms with van der Waals surface area (Å²) in [4.78, 5) is 0. The van der Waals surface area contributed by atoms with Crippen LogP contribution >= 0.6 is 0 Å². The van der Waals surface area contributed by atoms with Gasteiger partial charge >= 0.3 is 0 Å². The summed E-state index contributed by atoms with van der Waals surface area (Å²) in [6, 6.07) is 0.482. The van der Waals surface area contributed by atoms with Gasteiger partial charge in [0.1, 0.15) is 11.5 Å². The molecule has 1 atom stereocenters. The highest BCUT2D eigenvalue weighted by molar-refractivity contribution is 5.34. The van der Waals surface area contributed by atoms with Crippen LogP contribution in [0.3, 0.4) is 0 Å². The normalized spacial score (nSPS) is 24.9. The van der Waals surface area contributed by atoms with Crippen molar-refractivity contribution in [2.75, 3.05) is 6.54 Å². The minimum Gasteiger partial charge on any atom is -0.466 e. The Hall–Kier alpha value is -0.760. The Bertz CT molecular complexity index is 427. The van der Waals surface area contributed by atoms with Gasteiger partial charge in [0.15, 0.2) is 0 Å². The zero-order chi connectivity index (χ0) is 14.7. The fraction of sp³-hybridized carbons (Fsp3) is 0.778. The van der Waals surface area contributed by atoms with Gasteiger partial charge in [-0.25, -0.2) is 0 Å². The van der Waals surface area contributed by atoms with Crippen LogP contribution in [0.25, 0.3) is 0 Å². The summed E-state index contributed by atoms with van der Waals surface area (Å²) in [5.74, 6) is 3.93. The van der Waals surface area contributed by atoms with Gasteiger partial charge in [-0.1, -0.05) is 33.1 Å². The van der Waals surface area contributed by atoms with E-state index in [1.165, 1.54) is 43.2 Å². The molecule has 1 aromatic heterocycles. The minimum absolute atomic E-state index is 0.482. The van der Waals surface area contributed by atoms with Gasteiger partial charge in [0.05, 0.1) is 0 Å². The van der Waals surface area contributed by atoms with Crippen LogP contribution < -0.4 is 5.32 Å². The Balaban J connectivity index is 2.19. The van der Waals surface area contributed by atoms with Crippen molar-refractivity contribution in [3.63, 3.8) is 0 Å². The SMILES string of the molecule is CCNC(c1c(C)oc(C)c1C)C1CCC(CC)CC1. The molecule has 2 heteroatoms. The van der Waals surface area contributed by atoms with E-state index in [9.17, 15) is 0 Å². The Morgan fingerprint density at radius 2 is 1.70 bits per heavy atom. The lowest BCUT2D eigenvalue weighted by Gasteiger charge is -2.34. The predicted octanol–water partition coefficient (Wildman–Crippen LogP) is 5.07. The Kier molecular flexibility index (Phi) is 5.31. The smallest absolute Gasteiger partial charge is 0.106 e. The van der Waals surface area contributed by atoms with Crippen LogP contribution in [-0.2, 0) is 0 Å². The van der Waals surface area contributed by atoms with E-state index in [1.807, 2.05) is 0 Å². The largest absolute Gasteiger partial charge is 0.466 e. The van der Waals surface area contributed by atoms with E-state index in [4.69, 9.17) is 4.42 Å². The van der Waals surface area contributed by atoms with E-state index in [1.54, 1.807) is 0 Å². The van der Waals surface area contributed by atoms with Gasteiger partial charge in [-0.3, -0.25) is 0 Å². The zero-order valence-corrected chi connectivity index (χ0v) is 13.9. The summed E-state index contributed by atoms with van der Waals surface area (Å²) in [7, 11) is 0. The second-order valence-electron chi connectivity index (χ2n) is 6.48. The molecular weight excluding hydrogens is 246 g/mol. The average Bonchev–Trinajstić information content (AvgIpc) is 2.70. The van der Waals surface area contributed by atoms with E-state index in [0.29, 0.717) is 6.04 Å². The van der Waals surface area contributed by atoms with Crippen LogP contribution in [0.15, 0.2) is 4.42 Å². The standard InChI is InChI=1S/C18H31NO/c1-6-15-8-10-16(11-9-15)18(19-7-2)17-12(3)13(4)20-14(17)5/h15-16,18-19H,6-11H2,1-5H3. The summed E-state index contributed by atoms with van der Waals surface area (Å²) in [6.07, 6.45) is 6.87. The van der Waals surface area contributed by atoms with Crippen molar-refractivity contribution < 1.29 is 4.42 Å². The minimum atomic E-state index is 0.482. The van der Waals surface area contributed by atoms with Gasteiger partial charge in [-0.05, 0) is 57.6 Å². The molecule has 0 spiro atoms. The van der Waals surface area contributed by atoms with Crippen LogP contribution in [0.5, 0.6) is 0 Å². The molecule has 1 aliphatic carbocycles. The molecule has 1 aliphatic rings. The molecule has 0 saturated heterocycles. The first-order chi connectivity index (χ1) is 9.58. The molecule has 0 aromatic carbocycles. The van der Waals surface area contributed by atoms with Crippen LogP contribution in [0, 0.1) is 32.6 Å². The molecule has 0 bridgehead atoms. The van der Waals surface area contributed by atoms with Crippen molar-refractivity contribution in [1.82, 2.24) is 5.32 Å². The third-order valence-corrected chi connectivity index (χ3v) is 5.29. The summed E-state index contributed by atoms with van der Waals surface area (Å²) in [5, 5.41) is 3.74. The summed E-state index contributed by atoms with van der Waals surface area (Å²) < 4.78 is 5.87. The molecule has 1 heterocycles. The highest BCUT2D eigenvalue weighted by Gasteiger charge is 2.31. The van der Waals surface area contributed by atoms with Gasteiger partial charge in [0.2, 0.25) is 0 Å². The van der Waals surface area contributed by atoms with E-state index >= 15 is 0 Å². The first-order valence-electron chi connectivity index (χ1n) is 8.38. The summed E-state index contributed by atoms with van der Waals surface area (Å²) in [5.41, 5.74) is 2.79. The van der Waals surface area contributed by atoms with Crippen molar-refractivity contribution in [3.05, 3.63) is 22.6 Å². The second-order valence-corrected chi connectivity index (χ2v) is 6.48. The van der Waals surface area contributed by atoms with Gasteiger partial charge < -0.3 is 9.73 Å². The number of rotatable bonds is 5. The molecule has 114 valence electrons. The molecule has 2 rings (SSSR count). The molecule has 20 heavy (non-hydrogen) atoms. The molecule has 0 radical (unpaired) electrons. The van der Waals surface area contributed by atoms with E-state index in [0.717, 1.165) is 29.9 Å². The molecule has 1 unspecified atom stereocenters. The number of hydrogen-bond acceptors (Lipinski definition) is 2. The Morgan fingerprint density at radius 1 is 1.05 bits per heavy atom. The van der Waals surface area contributed by atoms with Crippen LogP contribution in [0.4, 0.5) is 0 Å². The predicted molar refractivity (Wildman–Crippen MR) is 85.1 cm³/mol. The van der Waals surface area contributed by atoms with E-state index in [2.05, 4.69) is 39.9 Å². The van der Waals surface area contributed by atoms with Crippen molar-refractivity contribution in [2.45, 2.75) is 72.8 Å². The lowest BCUT2D eigenvalue weighted by Crippen LogP contribution is -2.31. The molecular formula is C18H31NO. The lowest BCUT2D eigenvalue weighted by molar-refractivity contribution is 0.218. The van der Waals surface area contributed by atoms with Gasteiger partial charge in [0, 0.05) is 11.6 Å². The van der Waals surface area contributed by atoms with Crippen molar-refractivity contribution >= 4 is 0 Å². The number of aryl methyl sites for hydroxylation is 2. The summed E-state index contributed by atoms with van der Waals surface area (Å²) >= 11 is 0. The number of hydrogen-bond donors (Lipinski definition) is 1. The Labute approximate surface area is 124 Å². The molecule has 1 N–H and O–H groups in total. The fourth-order valence-electron chi connectivity index (χ4n) is 3.92. The monoisotopic (exact) mass is 277 g/mol. The zero-order valence-electron chi connectivity index (χ0n) is 13.9. The number of furan rings is 1. The topological polar surface area (TPSA) is 25.2 Å². The first kappa shape index (κ1) is 15.6. The number of nitrogens with one attached hydrogen (secondary N) is 1. The van der Waals surface area contributed by atoms with Crippen LogP contribution in [0.2, 0.25) is 0 Å². The first-order valence-corrected chi connectivity index (χ1v) is 8.38. The third kappa shape index (κ3) is 3.11. The maximum Gasteiger partial charge on any atom is 0.106 e. The second kappa shape index (κ2) is 6.80. The van der Waals surface area contributed by atoms with E-state index < -0.39 is 0 Å². The van der Waals surface area contributed by atoms with Gasteiger partial charge in [0.25, 0.3) is 0 Å². The van der Waals surface area contributed by atoms with Crippen molar-refractivity contribution in [3.8, 4) is 0 Å². The molecule has 1 fully saturated rings. The molecule has 0 aliphatic heterocycles. The van der Waals surface area contributed by atoms with E-state index in [-0.39, 0.29) is 0 Å². The maximum absolute atomic E-state index is 5.87.